The van der Waals surface area contributed by atoms with E-state index >= 15 is 0 Å². The molecule has 0 aliphatic heterocycles. The number of rotatable bonds is 10. The third-order valence-corrected chi connectivity index (χ3v) is 8.06. The fourth-order valence-electron chi connectivity index (χ4n) is 4.31. The van der Waals surface area contributed by atoms with Gasteiger partial charge in [-0.25, -0.2) is 8.42 Å². The molecule has 0 bridgehead atoms. The van der Waals surface area contributed by atoms with Crippen LogP contribution in [0.15, 0.2) is 53.0 Å². The molecule has 0 spiro atoms. The standard InChI is InChI=1S/C25H31BrN4O6S/c1-18(25(32)27-21-7-4-3-5-8-21)28(16-19-11-13-20(26)14-12-19)24(31)17-29(37(2,35)36)22-9-6-10-23(15-22)30(33)34/h6,9-15,18,21H,3-5,7-8,16-17H2,1-2H3,(H,27,32). The molecule has 3 rings (SSSR count). The number of non-ortho nitro benzene ring substituents is 1. The molecule has 0 heterocycles. The molecule has 0 aromatic heterocycles. The molecule has 1 atom stereocenters. The average molecular weight is 596 g/mol. The Labute approximate surface area is 225 Å². The summed E-state index contributed by atoms with van der Waals surface area (Å²) in [6.07, 6.45) is 5.90. The molecule has 2 amide bonds. The van der Waals surface area contributed by atoms with E-state index in [0.717, 1.165) is 58.8 Å². The lowest BCUT2D eigenvalue weighted by Crippen LogP contribution is -2.52. The van der Waals surface area contributed by atoms with E-state index in [1.54, 1.807) is 6.92 Å². The van der Waals surface area contributed by atoms with Crippen molar-refractivity contribution in [3.05, 3.63) is 68.7 Å². The van der Waals surface area contributed by atoms with Crippen LogP contribution in [0.25, 0.3) is 0 Å². The van der Waals surface area contributed by atoms with Gasteiger partial charge in [0.2, 0.25) is 21.8 Å². The van der Waals surface area contributed by atoms with Crippen LogP contribution in [-0.4, -0.2) is 54.9 Å². The van der Waals surface area contributed by atoms with Crippen molar-refractivity contribution >= 4 is 49.1 Å². The minimum Gasteiger partial charge on any atom is -0.352 e. The largest absolute Gasteiger partial charge is 0.352 e. The van der Waals surface area contributed by atoms with Crippen molar-refractivity contribution in [1.29, 1.82) is 0 Å². The van der Waals surface area contributed by atoms with Crippen LogP contribution in [0, 0.1) is 10.1 Å². The summed E-state index contributed by atoms with van der Waals surface area (Å²) in [6, 6.07) is 11.5. The summed E-state index contributed by atoms with van der Waals surface area (Å²) in [5.74, 6) is -0.912. The van der Waals surface area contributed by atoms with Gasteiger partial charge in [-0.05, 0) is 43.5 Å². The van der Waals surface area contributed by atoms with Crippen molar-refractivity contribution < 1.29 is 22.9 Å². The topological polar surface area (TPSA) is 130 Å². The summed E-state index contributed by atoms with van der Waals surface area (Å²) in [7, 11) is -3.98. The van der Waals surface area contributed by atoms with E-state index in [4.69, 9.17) is 0 Å². The number of sulfonamides is 1. The maximum atomic E-state index is 13.6. The molecule has 1 N–H and O–H groups in total. The van der Waals surface area contributed by atoms with E-state index in [1.165, 1.54) is 23.1 Å². The van der Waals surface area contributed by atoms with Crippen molar-refractivity contribution in [2.24, 2.45) is 0 Å². The Morgan fingerprint density at radius 2 is 1.78 bits per heavy atom. The van der Waals surface area contributed by atoms with E-state index in [1.807, 2.05) is 24.3 Å². The lowest BCUT2D eigenvalue weighted by molar-refractivity contribution is -0.384. The van der Waals surface area contributed by atoms with Crippen molar-refractivity contribution in [2.75, 3.05) is 17.1 Å². The number of hydrogen-bond acceptors (Lipinski definition) is 6. The number of halogens is 1. The molecule has 1 aliphatic carbocycles. The zero-order valence-corrected chi connectivity index (χ0v) is 23.2. The molecule has 1 saturated carbocycles. The second-order valence-electron chi connectivity index (χ2n) is 9.21. The highest BCUT2D eigenvalue weighted by atomic mass is 79.9. The summed E-state index contributed by atoms with van der Waals surface area (Å²) < 4.78 is 26.9. The van der Waals surface area contributed by atoms with Gasteiger partial charge in [0, 0.05) is 29.2 Å². The normalized spacial score (nSPS) is 15.0. The molecule has 2 aromatic carbocycles. The van der Waals surface area contributed by atoms with Gasteiger partial charge in [0.05, 0.1) is 16.9 Å². The maximum Gasteiger partial charge on any atom is 0.271 e. The molecular weight excluding hydrogens is 564 g/mol. The monoisotopic (exact) mass is 594 g/mol. The number of benzene rings is 2. The van der Waals surface area contributed by atoms with E-state index in [-0.39, 0.29) is 29.9 Å². The van der Waals surface area contributed by atoms with E-state index in [9.17, 15) is 28.1 Å². The summed E-state index contributed by atoms with van der Waals surface area (Å²) >= 11 is 3.38. The Bertz CT molecular complexity index is 1230. The summed E-state index contributed by atoms with van der Waals surface area (Å²) in [5, 5.41) is 14.3. The highest BCUT2D eigenvalue weighted by Crippen LogP contribution is 2.24. The number of nitrogens with zero attached hydrogens (tertiary/aromatic N) is 3. The first-order valence-corrected chi connectivity index (χ1v) is 14.7. The molecule has 0 radical (unpaired) electrons. The third kappa shape index (κ3) is 8.00. The molecule has 1 unspecified atom stereocenters. The summed E-state index contributed by atoms with van der Waals surface area (Å²) in [5.41, 5.74) is 0.452. The molecule has 37 heavy (non-hydrogen) atoms. The number of carbonyl (C=O) groups excluding carboxylic acids is 2. The Morgan fingerprint density at radius 3 is 2.38 bits per heavy atom. The summed E-state index contributed by atoms with van der Waals surface area (Å²) in [6.45, 7) is 1.09. The maximum absolute atomic E-state index is 13.6. The van der Waals surface area contributed by atoms with E-state index in [2.05, 4.69) is 21.2 Å². The van der Waals surface area contributed by atoms with Gasteiger partial charge in [0.1, 0.15) is 12.6 Å². The third-order valence-electron chi connectivity index (χ3n) is 6.39. The summed E-state index contributed by atoms with van der Waals surface area (Å²) in [4.78, 5) is 38.7. The first kappa shape index (κ1) is 28.6. The Morgan fingerprint density at radius 1 is 1.14 bits per heavy atom. The smallest absolute Gasteiger partial charge is 0.271 e. The van der Waals surface area contributed by atoms with Crippen LogP contribution in [0.1, 0.15) is 44.6 Å². The second-order valence-corrected chi connectivity index (χ2v) is 12.0. The van der Waals surface area contributed by atoms with Crippen LogP contribution in [-0.2, 0) is 26.2 Å². The highest BCUT2D eigenvalue weighted by molar-refractivity contribution is 9.10. The van der Waals surface area contributed by atoms with E-state index < -0.39 is 33.4 Å². The lowest BCUT2D eigenvalue weighted by Gasteiger charge is -2.33. The van der Waals surface area contributed by atoms with Gasteiger partial charge in [-0.15, -0.1) is 0 Å². The van der Waals surface area contributed by atoms with Gasteiger partial charge in [-0.3, -0.25) is 24.0 Å². The number of hydrogen-bond donors (Lipinski definition) is 1. The number of amides is 2. The molecule has 0 saturated heterocycles. The first-order chi connectivity index (χ1) is 17.5. The first-order valence-electron chi connectivity index (χ1n) is 12.0. The minimum atomic E-state index is -3.98. The van der Waals surface area contributed by atoms with Gasteiger partial charge < -0.3 is 10.2 Å². The van der Waals surface area contributed by atoms with Crippen LogP contribution < -0.4 is 9.62 Å². The number of anilines is 1. The minimum absolute atomic E-state index is 0.00653. The van der Waals surface area contributed by atoms with Crippen LogP contribution in [0.2, 0.25) is 0 Å². The molecule has 2 aromatic rings. The molecule has 10 nitrogen and oxygen atoms in total. The van der Waals surface area contributed by atoms with Crippen molar-refractivity contribution in [3.63, 3.8) is 0 Å². The van der Waals surface area contributed by atoms with Crippen LogP contribution in [0.4, 0.5) is 11.4 Å². The number of nitro groups is 1. The Balaban J connectivity index is 1.89. The van der Waals surface area contributed by atoms with Gasteiger partial charge in [-0.2, -0.15) is 0 Å². The lowest BCUT2D eigenvalue weighted by atomic mass is 9.95. The quantitative estimate of drug-likeness (QED) is 0.327. The van der Waals surface area contributed by atoms with Crippen molar-refractivity contribution in [2.45, 2.75) is 57.7 Å². The Kier molecular flexibility index (Phi) is 9.66. The predicted molar refractivity (Wildman–Crippen MR) is 144 cm³/mol. The SMILES string of the molecule is CC(C(=O)NC1CCCCC1)N(Cc1ccc(Br)cc1)C(=O)CN(c1cccc([N+](=O)[O-])c1)S(C)(=O)=O. The highest BCUT2D eigenvalue weighted by Gasteiger charge is 2.31. The predicted octanol–water partition coefficient (Wildman–Crippen LogP) is 3.99. The molecule has 12 heteroatoms. The number of nitrogens with one attached hydrogen (secondary N) is 1. The van der Waals surface area contributed by atoms with Crippen LogP contribution in [0.5, 0.6) is 0 Å². The van der Waals surface area contributed by atoms with Crippen LogP contribution in [0.3, 0.4) is 0 Å². The zero-order valence-electron chi connectivity index (χ0n) is 20.8. The Hall–Kier alpha value is -2.99. The fourth-order valence-corrected chi connectivity index (χ4v) is 5.42. The van der Waals surface area contributed by atoms with Crippen molar-refractivity contribution in [3.8, 4) is 0 Å². The number of carbonyl (C=O) groups is 2. The van der Waals surface area contributed by atoms with Gasteiger partial charge in [-0.1, -0.05) is 53.4 Å². The van der Waals surface area contributed by atoms with Gasteiger partial charge in [0.25, 0.3) is 5.69 Å². The number of nitro benzene ring substituents is 1. The average Bonchev–Trinajstić information content (AvgIpc) is 2.86. The van der Waals surface area contributed by atoms with Gasteiger partial charge in [0.15, 0.2) is 0 Å². The van der Waals surface area contributed by atoms with Gasteiger partial charge >= 0.3 is 0 Å². The second kappa shape index (κ2) is 12.5. The van der Waals surface area contributed by atoms with Crippen molar-refractivity contribution in [1.82, 2.24) is 10.2 Å². The fraction of sp³-hybridized carbons (Fsp3) is 0.440. The molecule has 200 valence electrons. The van der Waals surface area contributed by atoms with Crippen LogP contribution >= 0.6 is 15.9 Å². The van der Waals surface area contributed by atoms with E-state index in [0.29, 0.717) is 0 Å². The molecular formula is C25H31BrN4O6S. The molecule has 1 aliphatic rings. The molecule has 1 fully saturated rings. The zero-order chi connectivity index (χ0) is 27.2.